The van der Waals surface area contributed by atoms with E-state index >= 15 is 0 Å². The maximum atomic E-state index is 11.8. The number of carbonyl (C=O) groups excluding carboxylic acids is 1. The van der Waals surface area contributed by atoms with E-state index in [1.54, 1.807) is 12.4 Å². The zero-order chi connectivity index (χ0) is 14.2. The van der Waals surface area contributed by atoms with Crippen molar-refractivity contribution in [3.63, 3.8) is 0 Å². The molecule has 0 bridgehead atoms. The van der Waals surface area contributed by atoms with Crippen LogP contribution in [-0.2, 0) is 22.4 Å². The first-order valence-electron chi connectivity index (χ1n) is 6.86. The maximum absolute atomic E-state index is 11.8. The first-order valence-corrected chi connectivity index (χ1v) is 6.86. The van der Waals surface area contributed by atoms with Gasteiger partial charge in [0.25, 0.3) is 0 Å². The van der Waals surface area contributed by atoms with Gasteiger partial charge in [0.15, 0.2) is 0 Å². The van der Waals surface area contributed by atoms with Crippen molar-refractivity contribution >= 4 is 5.97 Å². The molecule has 20 heavy (non-hydrogen) atoms. The van der Waals surface area contributed by atoms with Crippen LogP contribution < -0.4 is 0 Å². The monoisotopic (exact) mass is 269 g/mol. The van der Waals surface area contributed by atoms with Gasteiger partial charge < -0.3 is 4.74 Å². The van der Waals surface area contributed by atoms with E-state index < -0.39 is 0 Å². The van der Waals surface area contributed by atoms with Crippen LogP contribution in [0.15, 0.2) is 54.9 Å². The van der Waals surface area contributed by atoms with Crippen LogP contribution >= 0.6 is 0 Å². The highest BCUT2D eigenvalue weighted by Gasteiger charge is 2.10. The lowest BCUT2D eigenvalue weighted by Crippen LogP contribution is -2.17. The standard InChI is InChI=1S/C17H19NO2/c1-14(13-16-9-11-18-12-10-16)20-17(19)8-7-15-5-3-2-4-6-15/h2-6,9-12,14H,7-8,13H2,1H3/t14-/m1/s1. The largest absolute Gasteiger partial charge is 0.462 e. The average molecular weight is 269 g/mol. The summed E-state index contributed by atoms with van der Waals surface area (Å²) >= 11 is 0. The summed E-state index contributed by atoms with van der Waals surface area (Å²) in [5, 5.41) is 0. The van der Waals surface area contributed by atoms with Gasteiger partial charge in [0.05, 0.1) is 0 Å². The van der Waals surface area contributed by atoms with Gasteiger partial charge in [0.2, 0.25) is 0 Å². The minimum atomic E-state index is -0.143. The van der Waals surface area contributed by atoms with E-state index in [0.717, 1.165) is 24.0 Å². The van der Waals surface area contributed by atoms with Crippen LogP contribution in [0.3, 0.4) is 0 Å². The van der Waals surface area contributed by atoms with Gasteiger partial charge in [0, 0.05) is 25.2 Å². The van der Waals surface area contributed by atoms with Crippen LogP contribution in [-0.4, -0.2) is 17.1 Å². The Morgan fingerprint density at radius 3 is 2.50 bits per heavy atom. The second-order valence-corrected chi connectivity index (χ2v) is 4.85. The second kappa shape index (κ2) is 7.43. The van der Waals surface area contributed by atoms with E-state index in [4.69, 9.17) is 4.74 Å². The van der Waals surface area contributed by atoms with Gasteiger partial charge in [-0.2, -0.15) is 0 Å². The molecule has 0 radical (unpaired) electrons. The molecule has 0 saturated heterocycles. The van der Waals surface area contributed by atoms with Crippen molar-refractivity contribution in [2.24, 2.45) is 0 Å². The number of hydrogen-bond acceptors (Lipinski definition) is 3. The Kier molecular flexibility index (Phi) is 5.30. The van der Waals surface area contributed by atoms with E-state index in [0.29, 0.717) is 6.42 Å². The predicted molar refractivity (Wildman–Crippen MR) is 78.3 cm³/mol. The minimum Gasteiger partial charge on any atom is -0.462 e. The van der Waals surface area contributed by atoms with Crippen LogP contribution in [0.25, 0.3) is 0 Å². The van der Waals surface area contributed by atoms with Crippen molar-refractivity contribution in [2.45, 2.75) is 32.3 Å². The molecular formula is C17H19NO2. The Morgan fingerprint density at radius 2 is 1.80 bits per heavy atom. The molecule has 104 valence electrons. The van der Waals surface area contributed by atoms with Crippen LogP contribution in [0.5, 0.6) is 0 Å². The highest BCUT2D eigenvalue weighted by Crippen LogP contribution is 2.08. The number of esters is 1. The number of ether oxygens (including phenoxy) is 1. The van der Waals surface area contributed by atoms with Crippen LogP contribution in [0.1, 0.15) is 24.5 Å². The maximum Gasteiger partial charge on any atom is 0.306 e. The molecule has 1 aromatic heterocycles. The third kappa shape index (κ3) is 4.84. The Bertz CT molecular complexity index is 525. The summed E-state index contributed by atoms with van der Waals surface area (Å²) < 4.78 is 5.42. The molecule has 1 heterocycles. The fraction of sp³-hybridized carbons (Fsp3) is 0.294. The van der Waals surface area contributed by atoms with Crippen molar-refractivity contribution in [1.82, 2.24) is 4.98 Å². The molecule has 0 saturated carbocycles. The molecule has 2 aromatic rings. The Hall–Kier alpha value is -2.16. The smallest absolute Gasteiger partial charge is 0.306 e. The molecule has 0 unspecified atom stereocenters. The van der Waals surface area contributed by atoms with Crippen LogP contribution in [0, 0.1) is 0 Å². The van der Waals surface area contributed by atoms with Gasteiger partial charge in [-0.25, -0.2) is 0 Å². The van der Waals surface area contributed by atoms with E-state index in [1.165, 1.54) is 0 Å². The molecule has 3 nitrogen and oxygen atoms in total. The van der Waals surface area contributed by atoms with Crippen LogP contribution in [0.4, 0.5) is 0 Å². The van der Waals surface area contributed by atoms with Gasteiger partial charge in [-0.1, -0.05) is 30.3 Å². The molecule has 0 N–H and O–H groups in total. The number of nitrogens with zero attached hydrogens (tertiary/aromatic N) is 1. The lowest BCUT2D eigenvalue weighted by molar-refractivity contribution is -0.148. The zero-order valence-electron chi connectivity index (χ0n) is 11.7. The lowest BCUT2D eigenvalue weighted by Gasteiger charge is -2.13. The number of benzene rings is 1. The number of pyridine rings is 1. The predicted octanol–water partition coefficient (Wildman–Crippen LogP) is 3.19. The molecule has 2 rings (SSSR count). The van der Waals surface area contributed by atoms with E-state index in [2.05, 4.69) is 4.98 Å². The lowest BCUT2D eigenvalue weighted by atomic mass is 10.1. The summed E-state index contributed by atoms with van der Waals surface area (Å²) in [4.78, 5) is 15.8. The fourth-order valence-corrected chi connectivity index (χ4v) is 2.07. The Morgan fingerprint density at radius 1 is 1.10 bits per heavy atom. The second-order valence-electron chi connectivity index (χ2n) is 4.85. The van der Waals surface area contributed by atoms with Crippen molar-refractivity contribution in [3.8, 4) is 0 Å². The molecule has 0 spiro atoms. The first-order chi connectivity index (χ1) is 9.74. The van der Waals surface area contributed by atoms with Crippen molar-refractivity contribution < 1.29 is 9.53 Å². The topological polar surface area (TPSA) is 39.2 Å². The van der Waals surface area contributed by atoms with Crippen molar-refractivity contribution in [3.05, 3.63) is 66.0 Å². The van der Waals surface area contributed by atoms with Crippen LogP contribution in [0.2, 0.25) is 0 Å². The van der Waals surface area contributed by atoms with Gasteiger partial charge in [-0.05, 0) is 36.6 Å². The molecule has 0 fully saturated rings. The van der Waals surface area contributed by atoms with Gasteiger partial charge in [-0.3, -0.25) is 9.78 Å². The quantitative estimate of drug-likeness (QED) is 0.756. The number of aryl methyl sites for hydroxylation is 1. The zero-order valence-corrected chi connectivity index (χ0v) is 11.7. The summed E-state index contributed by atoms with van der Waals surface area (Å²) in [7, 11) is 0. The van der Waals surface area contributed by atoms with Gasteiger partial charge >= 0.3 is 5.97 Å². The van der Waals surface area contributed by atoms with E-state index in [-0.39, 0.29) is 12.1 Å². The van der Waals surface area contributed by atoms with Gasteiger partial charge in [-0.15, -0.1) is 0 Å². The highest BCUT2D eigenvalue weighted by atomic mass is 16.5. The highest BCUT2D eigenvalue weighted by molar-refractivity contribution is 5.69. The fourth-order valence-electron chi connectivity index (χ4n) is 2.07. The SMILES string of the molecule is C[C@H](Cc1ccncc1)OC(=O)CCc1ccccc1. The Balaban J connectivity index is 1.74. The molecule has 0 aliphatic heterocycles. The Labute approximate surface area is 119 Å². The molecule has 0 amide bonds. The van der Waals surface area contributed by atoms with E-state index in [1.807, 2.05) is 49.4 Å². The van der Waals surface area contributed by atoms with Gasteiger partial charge in [0.1, 0.15) is 6.10 Å². The minimum absolute atomic E-state index is 0.110. The molecule has 0 aliphatic carbocycles. The van der Waals surface area contributed by atoms with Crippen molar-refractivity contribution in [2.75, 3.05) is 0 Å². The molecular weight excluding hydrogens is 250 g/mol. The molecule has 1 atom stereocenters. The summed E-state index contributed by atoms with van der Waals surface area (Å²) in [5.41, 5.74) is 2.29. The normalized spacial score (nSPS) is 11.8. The summed E-state index contributed by atoms with van der Waals surface area (Å²) in [5.74, 6) is -0.143. The third-order valence-electron chi connectivity index (χ3n) is 3.07. The molecule has 1 aromatic carbocycles. The summed E-state index contributed by atoms with van der Waals surface area (Å²) in [6.07, 6.45) is 5.26. The number of hydrogen-bond donors (Lipinski definition) is 0. The first kappa shape index (κ1) is 14.3. The third-order valence-corrected chi connectivity index (χ3v) is 3.07. The number of aromatic nitrogens is 1. The van der Waals surface area contributed by atoms with E-state index in [9.17, 15) is 4.79 Å². The molecule has 3 heteroatoms. The number of rotatable bonds is 6. The molecule has 0 aliphatic rings. The summed E-state index contributed by atoms with van der Waals surface area (Å²) in [6, 6.07) is 13.8. The van der Waals surface area contributed by atoms with Crippen molar-refractivity contribution in [1.29, 1.82) is 0 Å². The number of carbonyl (C=O) groups is 1. The average Bonchev–Trinajstić information content (AvgIpc) is 2.47. The summed E-state index contributed by atoms with van der Waals surface area (Å²) in [6.45, 7) is 1.92.